The number of hydrogen-bond acceptors (Lipinski definition) is 4. The van der Waals surface area contributed by atoms with Gasteiger partial charge in [-0.1, -0.05) is 0 Å². The van der Waals surface area contributed by atoms with Gasteiger partial charge in [0.25, 0.3) is 10.0 Å². The Bertz CT molecular complexity index is 378. The van der Waals surface area contributed by atoms with Crippen molar-refractivity contribution in [2.45, 2.75) is 0 Å². The van der Waals surface area contributed by atoms with E-state index in [0.29, 0.717) is 0 Å². The summed E-state index contributed by atoms with van der Waals surface area (Å²) in [4.78, 5) is 9.60. The zero-order valence-electron chi connectivity index (χ0n) is 5.89. The minimum Gasteiger partial charge on any atom is -0.477 e. The van der Waals surface area contributed by atoms with E-state index in [-0.39, 0.29) is 12.3 Å². The van der Waals surface area contributed by atoms with E-state index in [9.17, 15) is 13.2 Å². The fraction of sp³-hybridized carbons (Fsp3) is 0.200. The highest BCUT2D eigenvalue weighted by atomic mass is 32.2. The smallest absolute Gasteiger partial charge is 0.349 e. The molecule has 0 bridgehead atoms. The molecule has 7 heteroatoms. The predicted molar refractivity (Wildman–Crippen MR) is 41.1 cm³/mol. The first-order valence-electron chi connectivity index (χ1n) is 2.96. The molecule has 0 saturated carbocycles. The molecule has 0 atom stereocenters. The summed E-state index contributed by atoms with van der Waals surface area (Å²) in [5.41, 5.74) is 5.15. The Hall–Kier alpha value is -1.21. The van der Waals surface area contributed by atoms with Crippen molar-refractivity contribution < 1.29 is 18.3 Å². The summed E-state index contributed by atoms with van der Waals surface area (Å²) < 4.78 is 24.9. The van der Waals surface area contributed by atoms with Crippen LogP contribution in [-0.2, 0) is 14.8 Å². The van der Waals surface area contributed by atoms with E-state index in [0.717, 1.165) is 6.08 Å². The average molecular weight is 190 g/mol. The number of nitrogens with zero attached hydrogens (tertiary/aromatic N) is 1. The van der Waals surface area contributed by atoms with E-state index in [1.807, 2.05) is 0 Å². The van der Waals surface area contributed by atoms with Crippen LogP contribution in [0, 0.1) is 0 Å². The SMILES string of the molecule is NCC1=NS(=O)(=O)C(C(=O)O)=C1. The quantitative estimate of drug-likeness (QED) is 0.562. The number of sulfonamides is 1. The highest BCUT2D eigenvalue weighted by molar-refractivity contribution is 7.95. The molecule has 1 aliphatic rings. The van der Waals surface area contributed by atoms with E-state index in [2.05, 4.69) is 4.40 Å². The molecule has 0 radical (unpaired) electrons. The maximum atomic E-state index is 10.9. The van der Waals surface area contributed by atoms with Gasteiger partial charge in [-0.15, -0.1) is 0 Å². The number of carboxylic acid groups (broad SMARTS) is 1. The van der Waals surface area contributed by atoms with E-state index in [1.54, 1.807) is 0 Å². The Morgan fingerprint density at radius 2 is 2.25 bits per heavy atom. The first kappa shape index (κ1) is 8.88. The second-order valence-corrected chi connectivity index (χ2v) is 3.65. The minimum atomic E-state index is -3.98. The second kappa shape index (κ2) is 2.68. The zero-order valence-corrected chi connectivity index (χ0v) is 6.71. The summed E-state index contributed by atoms with van der Waals surface area (Å²) in [6.45, 7) is -0.0873. The molecule has 0 saturated heterocycles. The van der Waals surface area contributed by atoms with Crippen molar-refractivity contribution in [1.82, 2.24) is 0 Å². The number of carbonyl (C=O) groups is 1. The summed E-state index contributed by atoms with van der Waals surface area (Å²) in [6, 6.07) is 0. The Labute approximate surface area is 68.5 Å². The Morgan fingerprint density at radius 1 is 1.67 bits per heavy atom. The molecule has 66 valence electrons. The fourth-order valence-electron chi connectivity index (χ4n) is 0.724. The molecule has 0 aromatic carbocycles. The van der Waals surface area contributed by atoms with Crippen molar-refractivity contribution >= 4 is 21.7 Å². The van der Waals surface area contributed by atoms with Crippen molar-refractivity contribution in [1.29, 1.82) is 0 Å². The van der Waals surface area contributed by atoms with Gasteiger partial charge in [0.15, 0.2) is 4.91 Å². The lowest BCUT2D eigenvalue weighted by molar-refractivity contribution is -0.131. The number of nitrogens with two attached hydrogens (primary N) is 1. The predicted octanol–water partition coefficient (Wildman–Crippen LogP) is -1.30. The Morgan fingerprint density at radius 3 is 2.50 bits per heavy atom. The molecule has 1 heterocycles. The van der Waals surface area contributed by atoms with Crippen LogP contribution in [0.15, 0.2) is 15.4 Å². The third kappa shape index (κ3) is 1.36. The first-order valence-corrected chi connectivity index (χ1v) is 4.40. The monoisotopic (exact) mass is 190 g/mol. The van der Waals surface area contributed by atoms with Crippen LogP contribution in [0.2, 0.25) is 0 Å². The molecule has 3 N–H and O–H groups in total. The molecule has 0 aliphatic carbocycles. The molecular formula is C5H6N2O4S. The topological polar surface area (TPSA) is 110 Å². The largest absolute Gasteiger partial charge is 0.477 e. The van der Waals surface area contributed by atoms with Gasteiger partial charge in [0.2, 0.25) is 0 Å². The molecule has 0 aromatic rings. The van der Waals surface area contributed by atoms with Gasteiger partial charge >= 0.3 is 5.97 Å². The second-order valence-electron chi connectivity index (χ2n) is 2.08. The van der Waals surface area contributed by atoms with E-state index in [1.165, 1.54) is 0 Å². The summed E-state index contributed by atoms with van der Waals surface area (Å²) in [7, 11) is -3.98. The van der Waals surface area contributed by atoms with Gasteiger partial charge < -0.3 is 10.8 Å². The van der Waals surface area contributed by atoms with Crippen molar-refractivity contribution in [2.24, 2.45) is 10.1 Å². The number of hydrogen-bond donors (Lipinski definition) is 2. The fourth-order valence-corrected chi connectivity index (χ4v) is 1.76. The summed E-state index contributed by atoms with van der Waals surface area (Å²) in [5.74, 6) is -1.51. The summed E-state index contributed by atoms with van der Waals surface area (Å²) in [6.07, 6.45) is 0.956. The molecule has 1 rings (SSSR count). The maximum absolute atomic E-state index is 10.9. The van der Waals surface area contributed by atoms with Crippen LogP contribution >= 0.6 is 0 Å². The van der Waals surface area contributed by atoms with Crippen LogP contribution in [0.25, 0.3) is 0 Å². The molecule has 1 aliphatic heterocycles. The third-order valence-electron chi connectivity index (χ3n) is 1.23. The van der Waals surface area contributed by atoms with Gasteiger partial charge in [-0.25, -0.2) is 4.79 Å². The van der Waals surface area contributed by atoms with Gasteiger partial charge in [0.05, 0.1) is 5.71 Å². The first-order chi connectivity index (χ1) is 5.47. The molecule has 0 amide bonds. The zero-order chi connectivity index (χ0) is 9.35. The Kier molecular flexibility index (Phi) is 1.99. The van der Waals surface area contributed by atoms with Gasteiger partial charge in [-0.2, -0.15) is 12.8 Å². The van der Waals surface area contributed by atoms with Crippen LogP contribution in [0.5, 0.6) is 0 Å². The van der Waals surface area contributed by atoms with Gasteiger partial charge in [-0.3, -0.25) is 0 Å². The van der Waals surface area contributed by atoms with E-state index in [4.69, 9.17) is 10.8 Å². The van der Waals surface area contributed by atoms with Crippen molar-refractivity contribution in [3.05, 3.63) is 11.0 Å². The number of aliphatic carboxylic acids is 1. The summed E-state index contributed by atoms with van der Waals surface area (Å²) in [5, 5.41) is 8.40. The van der Waals surface area contributed by atoms with E-state index < -0.39 is 20.9 Å². The molecular weight excluding hydrogens is 184 g/mol. The van der Waals surface area contributed by atoms with Crippen LogP contribution in [0.4, 0.5) is 0 Å². The average Bonchev–Trinajstić information content (AvgIpc) is 2.25. The minimum absolute atomic E-state index is 0.0624. The van der Waals surface area contributed by atoms with Crippen LogP contribution in [0.3, 0.4) is 0 Å². The highest BCUT2D eigenvalue weighted by Gasteiger charge is 2.29. The highest BCUT2D eigenvalue weighted by Crippen LogP contribution is 2.16. The lowest BCUT2D eigenvalue weighted by atomic mass is 10.3. The van der Waals surface area contributed by atoms with Gasteiger partial charge in [0.1, 0.15) is 0 Å². The Balaban J connectivity index is 3.19. The van der Waals surface area contributed by atoms with Gasteiger partial charge in [0, 0.05) is 6.54 Å². The molecule has 0 unspecified atom stereocenters. The molecule has 0 spiro atoms. The third-order valence-corrected chi connectivity index (χ3v) is 2.56. The lowest BCUT2D eigenvalue weighted by Crippen LogP contribution is -2.09. The van der Waals surface area contributed by atoms with Crippen molar-refractivity contribution in [3.63, 3.8) is 0 Å². The number of rotatable bonds is 2. The molecule has 0 aromatic heterocycles. The van der Waals surface area contributed by atoms with Crippen molar-refractivity contribution in [3.8, 4) is 0 Å². The van der Waals surface area contributed by atoms with Crippen LogP contribution < -0.4 is 5.73 Å². The maximum Gasteiger partial charge on any atom is 0.349 e. The molecule has 6 nitrogen and oxygen atoms in total. The molecule has 0 fully saturated rings. The van der Waals surface area contributed by atoms with Crippen LogP contribution in [0.1, 0.15) is 0 Å². The van der Waals surface area contributed by atoms with E-state index >= 15 is 0 Å². The lowest BCUT2D eigenvalue weighted by Gasteiger charge is -1.89. The molecule has 12 heavy (non-hydrogen) atoms. The summed E-state index contributed by atoms with van der Waals surface area (Å²) >= 11 is 0. The van der Waals surface area contributed by atoms with Gasteiger partial charge in [-0.05, 0) is 6.08 Å². The van der Waals surface area contributed by atoms with Crippen LogP contribution in [-0.4, -0.2) is 31.8 Å². The standard InChI is InChI=1S/C5H6N2O4S/c6-2-3-1-4(5(8)9)12(10,11)7-3/h1H,2,6H2,(H,8,9). The normalized spacial score (nSPS) is 20.1. The number of carboxylic acids is 1. The van der Waals surface area contributed by atoms with Crippen molar-refractivity contribution in [2.75, 3.05) is 6.54 Å².